The Morgan fingerprint density at radius 1 is 1.17 bits per heavy atom. The highest BCUT2D eigenvalue weighted by Crippen LogP contribution is 2.19. The van der Waals surface area contributed by atoms with Gasteiger partial charge in [-0.3, -0.25) is 9.59 Å². The molecule has 0 unspecified atom stereocenters. The van der Waals surface area contributed by atoms with Crippen LogP contribution in [0.15, 0.2) is 52.0 Å². The highest BCUT2D eigenvalue weighted by Gasteiger charge is 2.14. The minimum Gasteiger partial charge on any atom is -0.317 e. The molecule has 7 heteroatoms. The van der Waals surface area contributed by atoms with E-state index in [9.17, 15) is 14.0 Å². The molecule has 0 spiro atoms. The second-order valence-corrected chi connectivity index (χ2v) is 5.55. The normalized spacial score (nSPS) is 10.6. The van der Waals surface area contributed by atoms with Crippen LogP contribution in [0.3, 0.4) is 0 Å². The third-order valence-corrected chi connectivity index (χ3v) is 3.41. The number of rotatable bonds is 3. The van der Waals surface area contributed by atoms with E-state index in [1.54, 1.807) is 31.2 Å². The standard InChI is InChI=1S/C16H13BrFN3O2/c1-10-8-12(17)6-7-14(10)20-15(22)16(23)21-19-9-11-4-2-3-5-13(11)18/h2-9H,1H3,(H,20,22)(H,21,23). The lowest BCUT2D eigenvalue weighted by Crippen LogP contribution is -2.32. The first kappa shape index (κ1) is 16.8. The van der Waals surface area contributed by atoms with Gasteiger partial charge >= 0.3 is 11.8 Å². The molecule has 0 aliphatic rings. The first-order chi connectivity index (χ1) is 11.0. The maximum Gasteiger partial charge on any atom is 0.329 e. The molecule has 2 N–H and O–H groups in total. The molecule has 5 nitrogen and oxygen atoms in total. The van der Waals surface area contributed by atoms with Gasteiger partial charge in [0.1, 0.15) is 5.82 Å². The number of carbonyl (C=O) groups excluding carboxylic acids is 2. The van der Waals surface area contributed by atoms with Crippen LogP contribution in [0.25, 0.3) is 0 Å². The van der Waals surface area contributed by atoms with E-state index >= 15 is 0 Å². The van der Waals surface area contributed by atoms with Crippen LogP contribution in [-0.4, -0.2) is 18.0 Å². The van der Waals surface area contributed by atoms with E-state index < -0.39 is 17.6 Å². The Balaban J connectivity index is 1.95. The number of nitrogens with one attached hydrogen (secondary N) is 2. The summed E-state index contributed by atoms with van der Waals surface area (Å²) >= 11 is 3.31. The Labute approximate surface area is 140 Å². The Bertz CT molecular complexity index is 778. The highest BCUT2D eigenvalue weighted by molar-refractivity contribution is 9.10. The largest absolute Gasteiger partial charge is 0.329 e. The molecule has 0 heterocycles. The zero-order valence-electron chi connectivity index (χ0n) is 12.1. The van der Waals surface area contributed by atoms with Gasteiger partial charge in [0.05, 0.1) is 6.21 Å². The smallest absolute Gasteiger partial charge is 0.317 e. The molecule has 0 saturated heterocycles. The monoisotopic (exact) mass is 377 g/mol. The molecule has 0 saturated carbocycles. The van der Waals surface area contributed by atoms with E-state index in [0.717, 1.165) is 16.3 Å². The zero-order chi connectivity index (χ0) is 16.8. The van der Waals surface area contributed by atoms with Crippen molar-refractivity contribution >= 4 is 39.6 Å². The van der Waals surface area contributed by atoms with Crippen molar-refractivity contribution in [2.75, 3.05) is 5.32 Å². The summed E-state index contributed by atoms with van der Waals surface area (Å²) in [5.41, 5.74) is 3.58. The second-order valence-electron chi connectivity index (χ2n) is 4.63. The van der Waals surface area contributed by atoms with Gasteiger partial charge in [-0.1, -0.05) is 34.1 Å². The number of benzene rings is 2. The highest BCUT2D eigenvalue weighted by atomic mass is 79.9. The minimum atomic E-state index is -0.945. The fourth-order valence-corrected chi connectivity index (χ4v) is 2.21. The van der Waals surface area contributed by atoms with E-state index in [1.807, 2.05) is 6.07 Å². The first-order valence-corrected chi connectivity index (χ1v) is 7.42. The molecule has 0 aliphatic carbocycles. The van der Waals surface area contributed by atoms with Gasteiger partial charge < -0.3 is 5.32 Å². The van der Waals surface area contributed by atoms with Gasteiger partial charge in [-0.2, -0.15) is 5.10 Å². The van der Waals surface area contributed by atoms with Gasteiger partial charge in [0.25, 0.3) is 0 Å². The third-order valence-electron chi connectivity index (χ3n) is 2.92. The number of halogens is 2. The summed E-state index contributed by atoms with van der Waals surface area (Å²) in [5.74, 6) is -2.28. The SMILES string of the molecule is Cc1cc(Br)ccc1NC(=O)C(=O)NN=Cc1ccccc1F. The number of hydrogen-bond donors (Lipinski definition) is 2. The van der Waals surface area contributed by atoms with E-state index in [4.69, 9.17) is 0 Å². The quantitative estimate of drug-likeness (QED) is 0.490. The average Bonchev–Trinajstić information content (AvgIpc) is 2.51. The van der Waals surface area contributed by atoms with Gasteiger partial charge in [0.15, 0.2) is 0 Å². The van der Waals surface area contributed by atoms with E-state index in [1.165, 1.54) is 12.1 Å². The Morgan fingerprint density at radius 2 is 1.91 bits per heavy atom. The number of nitrogens with zero attached hydrogens (tertiary/aromatic N) is 1. The molecule has 2 amide bonds. The molecule has 2 rings (SSSR count). The number of anilines is 1. The Morgan fingerprint density at radius 3 is 2.61 bits per heavy atom. The molecule has 23 heavy (non-hydrogen) atoms. The maximum absolute atomic E-state index is 13.4. The molecule has 118 valence electrons. The van der Waals surface area contributed by atoms with Crippen LogP contribution in [-0.2, 0) is 9.59 Å². The number of hydrogen-bond acceptors (Lipinski definition) is 3. The maximum atomic E-state index is 13.4. The van der Waals surface area contributed by atoms with E-state index in [-0.39, 0.29) is 5.56 Å². The van der Waals surface area contributed by atoms with Crippen LogP contribution >= 0.6 is 15.9 Å². The second kappa shape index (κ2) is 7.64. The lowest BCUT2D eigenvalue weighted by molar-refractivity contribution is -0.136. The van der Waals surface area contributed by atoms with Crippen LogP contribution in [0.1, 0.15) is 11.1 Å². The van der Waals surface area contributed by atoms with Crippen molar-refractivity contribution in [3.05, 3.63) is 63.9 Å². The third kappa shape index (κ3) is 4.72. The van der Waals surface area contributed by atoms with Crippen LogP contribution in [0, 0.1) is 12.7 Å². The minimum absolute atomic E-state index is 0.206. The van der Waals surface area contributed by atoms with Crippen molar-refractivity contribution in [3.63, 3.8) is 0 Å². The fourth-order valence-electron chi connectivity index (χ4n) is 1.74. The Kier molecular flexibility index (Phi) is 5.59. The molecule has 0 bridgehead atoms. The molecule has 0 fully saturated rings. The summed E-state index contributed by atoms with van der Waals surface area (Å²) in [6, 6.07) is 11.2. The molecule has 0 aromatic heterocycles. The van der Waals surface area contributed by atoms with Gasteiger partial charge in [-0.15, -0.1) is 0 Å². The Hall–Kier alpha value is -2.54. The van der Waals surface area contributed by atoms with Gasteiger partial charge in [0.2, 0.25) is 0 Å². The number of hydrazone groups is 1. The van der Waals surface area contributed by atoms with Crippen LogP contribution in [0.4, 0.5) is 10.1 Å². The number of aryl methyl sites for hydroxylation is 1. The van der Waals surface area contributed by atoms with Crippen molar-refractivity contribution < 1.29 is 14.0 Å². The summed E-state index contributed by atoms with van der Waals surface area (Å²) in [5, 5.41) is 6.05. The van der Waals surface area contributed by atoms with Crippen LogP contribution in [0.5, 0.6) is 0 Å². The van der Waals surface area contributed by atoms with Gasteiger partial charge in [0, 0.05) is 15.7 Å². The summed E-state index contributed by atoms with van der Waals surface area (Å²) < 4.78 is 14.2. The molecule has 0 aliphatic heterocycles. The predicted octanol–water partition coefficient (Wildman–Crippen LogP) is 2.99. The van der Waals surface area contributed by atoms with Crippen molar-refractivity contribution in [2.24, 2.45) is 5.10 Å². The number of amides is 2. The molecule has 0 atom stereocenters. The van der Waals surface area contributed by atoms with Gasteiger partial charge in [-0.05, 0) is 36.8 Å². The van der Waals surface area contributed by atoms with Crippen LogP contribution in [0.2, 0.25) is 0 Å². The topological polar surface area (TPSA) is 70.6 Å². The van der Waals surface area contributed by atoms with E-state index in [2.05, 4.69) is 31.8 Å². The molecule has 0 radical (unpaired) electrons. The molecular formula is C16H13BrFN3O2. The van der Waals surface area contributed by atoms with Crippen LogP contribution < -0.4 is 10.7 Å². The van der Waals surface area contributed by atoms with Crippen molar-refractivity contribution in [1.29, 1.82) is 0 Å². The van der Waals surface area contributed by atoms with Gasteiger partial charge in [-0.25, -0.2) is 9.82 Å². The number of carbonyl (C=O) groups is 2. The van der Waals surface area contributed by atoms with Crippen molar-refractivity contribution in [3.8, 4) is 0 Å². The predicted molar refractivity (Wildman–Crippen MR) is 89.6 cm³/mol. The summed E-state index contributed by atoms with van der Waals surface area (Å²) in [6.07, 6.45) is 1.13. The lowest BCUT2D eigenvalue weighted by atomic mass is 10.2. The van der Waals surface area contributed by atoms with Crippen molar-refractivity contribution in [1.82, 2.24) is 5.43 Å². The summed E-state index contributed by atoms with van der Waals surface area (Å²) in [7, 11) is 0. The van der Waals surface area contributed by atoms with E-state index in [0.29, 0.717) is 5.69 Å². The fraction of sp³-hybridized carbons (Fsp3) is 0.0625. The molecule has 2 aromatic carbocycles. The van der Waals surface area contributed by atoms with Crippen molar-refractivity contribution in [2.45, 2.75) is 6.92 Å². The molecule has 2 aromatic rings. The zero-order valence-corrected chi connectivity index (χ0v) is 13.7. The summed E-state index contributed by atoms with van der Waals surface area (Å²) in [6.45, 7) is 1.80. The average molecular weight is 378 g/mol. The summed E-state index contributed by atoms with van der Waals surface area (Å²) in [4.78, 5) is 23.4. The molecular weight excluding hydrogens is 365 g/mol. The first-order valence-electron chi connectivity index (χ1n) is 6.62. The lowest BCUT2D eigenvalue weighted by Gasteiger charge is -2.07.